The van der Waals surface area contributed by atoms with Crippen molar-refractivity contribution in [2.75, 3.05) is 19.8 Å². The Bertz CT molecular complexity index is 310. The quantitative estimate of drug-likeness (QED) is 0.612. The molecule has 0 N–H and O–H groups in total. The van der Waals surface area contributed by atoms with E-state index in [4.69, 9.17) is 18.4 Å². The molecule has 0 radical (unpaired) electrons. The molecule has 3 aliphatic rings. The smallest absolute Gasteiger partial charge is 0.444 e. The molecule has 4 heterocycles. The maximum atomic E-state index is 5.64. The van der Waals surface area contributed by atoms with Crippen molar-refractivity contribution >= 4 is 12.4 Å². The molecule has 4 rings (SSSR count). The van der Waals surface area contributed by atoms with Crippen molar-refractivity contribution in [1.82, 2.24) is 0 Å². The molecule has 0 spiro atoms. The molecule has 0 unspecified atom stereocenters. The Balaban J connectivity index is 1.93. The van der Waals surface area contributed by atoms with Crippen LogP contribution in [0.15, 0.2) is 22.8 Å². The predicted octanol–water partition coefficient (Wildman–Crippen LogP) is 0.509. The van der Waals surface area contributed by atoms with E-state index in [0.29, 0.717) is 25.5 Å². The first-order chi connectivity index (χ1) is 6.73. The molecule has 0 aliphatic carbocycles. The molecule has 3 fully saturated rings. The SMILES string of the molecule is CC12CO[B-](c3ccco3)(OC1)OC2. The molecule has 0 saturated carbocycles. The highest BCUT2D eigenvalue weighted by atomic mass is 16.8. The Hall–Kier alpha value is -0.775. The fourth-order valence-corrected chi connectivity index (χ4v) is 1.94. The molecule has 4 nitrogen and oxygen atoms in total. The summed E-state index contributed by atoms with van der Waals surface area (Å²) in [6, 6.07) is 3.64. The molecule has 14 heavy (non-hydrogen) atoms. The molecular weight excluding hydrogens is 183 g/mol. The zero-order valence-electron chi connectivity index (χ0n) is 8.06. The highest BCUT2D eigenvalue weighted by molar-refractivity contribution is 6.74. The lowest BCUT2D eigenvalue weighted by atomic mass is 9.68. The van der Waals surface area contributed by atoms with Gasteiger partial charge < -0.3 is 18.4 Å². The van der Waals surface area contributed by atoms with E-state index < -0.39 is 6.75 Å². The van der Waals surface area contributed by atoms with Crippen molar-refractivity contribution in [2.24, 2.45) is 5.41 Å². The molecule has 0 atom stereocenters. The standard InChI is InChI=1S/C9H12BO4/c1-9-5-12-10(13-6-9,14-7-9)8-3-2-4-11-8/h2-4H,5-7H2,1H3/q-1. The molecule has 5 heteroatoms. The van der Waals surface area contributed by atoms with E-state index in [1.54, 1.807) is 6.26 Å². The zero-order chi connectivity index (χ0) is 9.65. The summed E-state index contributed by atoms with van der Waals surface area (Å²) in [5.74, 6) is 0. The van der Waals surface area contributed by atoms with Crippen molar-refractivity contribution in [1.29, 1.82) is 0 Å². The van der Waals surface area contributed by atoms with Crippen molar-refractivity contribution < 1.29 is 18.4 Å². The topological polar surface area (TPSA) is 40.8 Å². The van der Waals surface area contributed by atoms with E-state index in [9.17, 15) is 0 Å². The number of furan rings is 1. The first-order valence-electron chi connectivity index (χ1n) is 4.82. The predicted molar refractivity (Wildman–Crippen MR) is 50.1 cm³/mol. The maximum Gasteiger partial charge on any atom is 0.444 e. The maximum absolute atomic E-state index is 5.64. The van der Waals surface area contributed by atoms with Crippen LogP contribution in [-0.2, 0) is 14.0 Å². The lowest BCUT2D eigenvalue weighted by Crippen LogP contribution is -2.68. The van der Waals surface area contributed by atoms with Crippen LogP contribution in [0.2, 0.25) is 0 Å². The molecule has 1 aromatic rings. The number of hydrogen-bond acceptors (Lipinski definition) is 4. The van der Waals surface area contributed by atoms with Gasteiger partial charge in [-0.05, 0) is 6.07 Å². The average molecular weight is 195 g/mol. The van der Waals surface area contributed by atoms with Crippen LogP contribution >= 0.6 is 0 Å². The minimum absolute atomic E-state index is 0.0100. The summed E-state index contributed by atoms with van der Waals surface area (Å²) < 4.78 is 22.2. The van der Waals surface area contributed by atoms with Gasteiger partial charge >= 0.3 is 6.75 Å². The van der Waals surface area contributed by atoms with Gasteiger partial charge in [0.15, 0.2) is 0 Å². The lowest BCUT2D eigenvalue weighted by Gasteiger charge is -2.56. The summed E-state index contributed by atoms with van der Waals surface area (Å²) >= 11 is 0. The van der Waals surface area contributed by atoms with Gasteiger partial charge in [0.05, 0.1) is 6.26 Å². The van der Waals surface area contributed by atoms with Gasteiger partial charge in [-0.15, -0.1) is 0 Å². The fourth-order valence-electron chi connectivity index (χ4n) is 1.94. The summed E-state index contributed by atoms with van der Waals surface area (Å²) in [5.41, 5.74) is 0.655. The van der Waals surface area contributed by atoms with Crippen LogP contribution in [0.3, 0.4) is 0 Å². The first kappa shape index (κ1) is 8.53. The van der Waals surface area contributed by atoms with E-state index in [0.717, 1.165) is 0 Å². The second kappa shape index (κ2) is 2.62. The summed E-state index contributed by atoms with van der Waals surface area (Å²) in [7, 11) is 0. The van der Waals surface area contributed by atoms with Crippen molar-refractivity contribution in [2.45, 2.75) is 6.92 Å². The van der Waals surface area contributed by atoms with Crippen molar-refractivity contribution in [3.8, 4) is 0 Å². The number of fused-ring (bicyclic) bond motifs is 3. The molecule has 1 aromatic heterocycles. The highest BCUT2D eigenvalue weighted by Crippen LogP contribution is 2.34. The van der Waals surface area contributed by atoms with Gasteiger partial charge in [-0.25, -0.2) is 0 Å². The van der Waals surface area contributed by atoms with Gasteiger partial charge in [0.2, 0.25) is 0 Å². The Morgan fingerprint density at radius 3 is 2.36 bits per heavy atom. The first-order valence-corrected chi connectivity index (χ1v) is 4.82. The highest BCUT2D eigenvalue weighted by Gasteiger charge is 2.48. The second-order valence-corrected chi connectivity index (χ2v) is 4.40. The van der Waals surface area contributed by atoms with Crippen LogP contribution in [-0.4, -0.2) is 26.6 Å². The molecular formula is C9H12BO4-. The second-order valence-electron chi connectivity index (χ2n) is 4.40. The van der Waals surface area contributed by atoms with Crippen LogP contribution < -0.4 is 5.66 Å². The van der Waals surface area contributed by atoms with Gasteiger partial charge in [0.1, 0.15) is 0 Å². The minimum Gasteiger partial charge on any atom is -0.538 e. The zero-order valence-corrected chi connectivity index (χ0v) is 8.06. The van der Waals surface area contributed by atoms with E-state index >= 15 is 0 Å². The largest absolute Gasteiger partial charge is 0.538 e. The third-order valence-corrected chi connectivity index (χ3v) is 2.85. The van der Waals surface area contributed by atoms with Crippen LogP contribution in [0.25, 0.3) is 0 Å². The van der Waals surface area contributed by atoms with E-state index in [-0.39, 0.29) is 5.41 Å². The molecule has 0 aromatic carbocycles. The Morgan fingerprint density at radius 2 is 1.86 bits per heavy atom. The average Bonchev–Trinajstić information content (AvgIpc) is 2.73. The minimum atomic E-state index is -1.78. The molecule has 3 saturated heterocycles. The van der Waals surface area contributed by atoms with Crippen LogP contribution in [0.1, 0.15) is 6.92 Å². The molecule has 2 bridgehead atoms. The fraction of sp³-hybridized carbons (Fsp3) is 0.556. The van der Waals surface area contributed by atoms with E-state index in [1.165, 1.54) is 0 Å². The van der Waals surface area contributed by atoms with Crippen LogP contribution in [0, 0.1) is 5.41 Å². The van der Waals surface area contributed by atoms with Crippen LogP contribution in [0.5, 0.6) is 0 Å². The van der Waals surface area contributed by atoms with Crippen molar-refractivity contribution in [3.05, 3.63) is 18.4 Å². The number of hydrogen-bond donors (Lipinski definition) is 0. The number of rotatable bonds is 1. The summed E-state index contributed by atoms with van der Waals surface area (Å²) in [6.45, 7) is 2.34. The van der Waals surface area contributed by atoms with E-state index in [1.807, 2.05) is 12.1 Å². The van der Waals surface area contributed by atoms with Gasteiger partial charge in [-0.1, -0.05) is 13.0 Å². The van der Waals surface area contributed by atoms with Gasteiger partial charge in [-0.2, -0.15) is 0 Å². The van der Waals surface area contributed by atoms with Crippen LogP contribution in [0.4, 0.5) is 0 Å². The van der Waals surface area contributed by atoms with E-state index in [2.05, 4.69) is 6.92 Å². The monoisotopic (exact) mass is 195 g/mol. The molecule has 0 amide bonds. The Labute approximate surface area is 82.1 Å². The lowest BCUT2D eigenvalue weighted by molar-refractivity contribution is -0.121. The normalized spacial score (nSPS) is 41.5. The summed E-state index contributed by atoms with van der Waals surface area (Å²) in [5, 5.41) is 0. The van der Waals surface area contributed by atoms with Gasteiger partial charge in [0, 0.05) is 30.9 Å². The third kappa shape index (κ3) is 1.06. The summed E-state index contributed by atoms with van der Waals surface area (Å²) in [6.07, 6.45) is 1.60. The summed E-state index contributed by atoms with van der Waals surface area (Å²) in [4.78, 5) is 0. The Morgan fingerprint density at radius 1 is 1.21 bits per heavy atom. The van der Waals surface area contributed by atoms with Crippen molar-refractivity contribution in [3.63, 3.8) is 0 Å². The Kier molecular flexibility index (Phi) is 1.60. The molecule has 3 aliphatic heterocycles. The molecule has 76 valence electrons. The van der Waals surface area contributed by atoms with Gasteiger partial charge in [0.25, 0.3) is 0 Å². The van der Waals surface area contributed by atoms with Gasteiger partial charge in [-0.3, -0.25) is 0 Å². The third-order valence-electron chi connectivity index (χ3n) is 2.85.